The number of fused-ring (bicyclic) bond motifs is 1. The molecule has 3 rings (SSSR count). The Balaban J connectivity index is 2.29. The summed E-state index contributed by atoms with van der Waals surface area (Å²) in [4.78, 5) is 53.6. The number of rotatable bonds is 7. The van der Waals surface area contributed by atoms with Gasteiger partial charge in [-0.2, -0.15) is 0 Å². The number of carbonyl (C=O) groups excluding carboxylic acids is 2. The number of halogens is 2. The van der Waals surface area contributed by atoms with Crippen LogP contribution in [0.15, 0.2) is 27.8 Å². The number of Topliss-reactive ketones (excluding diaryl/α,β-unsaturated/α-hetero) is 1. The summed E-state index contributed by atoms with van der Waals surface area (Å²) in [6.07, 6.45) is 0. The van der Waals surface area contributed by atoms with Crippen molar-refractivity contribution in [1.29, 1.82) is 0 Å². The van der Waals surface area contributed by atoms with Crippen molar-refractivity contribution in [2.75, 3.05) is 7.11 Å². The summed E-state index contributed by atoms with van der Waals surface area (Å²) in [6.45, 7) is 7.79. The van der Waals surface area contributed by atoms with Gasteiger partial charge in [-0.1, -0.05) is 0 Å². The number of thiophene rings is 1. The third-order valence-corrected chi connectivity index (χ3v) is 8.03. The van der Waals surface area contributed by atoms with Gasteiger partial charge >= 0.3 is 5.69 Å². The molecule has 0 radical (unpaired) electrons. The molecule has 11 heteroatoms. The first-order valence-electron chi connectivity index (χ1n) is 10.4. The molecule has 0 aliphatic carbocycles. The second-order valence-corrected chi connectivity index (χ2v) is 11.5. The lowest BCUT2D eigenvalue weighted by molar-refractivity contribution is -0.129. The zero-order valence-corrected chi connectivity index (χ0v) is 22.6. The van der Waals surface area contributed by atoms with E-state index in [4.69, 9.17) is 4.74 Å². The first-order valence-corrected chi connectivity index (χ1v) is 12.3. The molecule has 0 bridgehead atoms. The Morgan fingerprint density at radius 2 is 1.91 bits per heavy atom. The zero-order valence-electron chi connectivity index (χ0n) is 19.6. The molecule has 0 fully saturated rings. The first-order chi connectivity index (χ1) is 15.8. The molecule has 0 spiro atoms. The molecule has 182 valence electrons. The number of benzene rings is 1. The van der Waals surface area contributed by atoms with E-state index < -0.39 is 40.8 Å². The molecule has 1 N–H and O–H groups in total. The van der Waals surface area contributed by atoms with Crippen LogP contribution in [0.4, 0.5) is 4.39 Å². The van der Waals surface area contributed by atoms with Gasteiger partial charge in [-0.15, -0.1) is 11.3 Å². The second-order valence-electron chi connectivity index (χ2n) is 8.65. The van der Waals surface area contributed by atoms with Gasteiger partial charge in [0.15, 0.2) is 5.78 Å². The Kier molecular flexibility index (Phi) is 7.37. The highest BCUT2D eigenvalue weighted by Crippen LogP contribution is 2.30. The van der Waals surface area contributed by atoms with Crippen molar-refractivity contribution in [3.8, 4) is 5.75 Å². The van der Waals surface area contributed by atoms with Crippen LogP contribution >= 0.6 is 33.9 Å². The predicted octanol–water partition coefficient (Wildman–Crippen LogP) is 3.43. The smallest absolute Gasteiger partial charge is 0.333 e. The molecular formula is C23H25FIN3O5S. The standard InChI is InChI=1S/C23H25FIN3O5S/c1-11(2)26-21(31)23(4,5)28-19(30)17-12(3)18(25)34-20(17)27(22(28)32)10-15(29)14-9-13(24)7-8-16(14)33-6/h7-9,11H,10H2,1-6H3,(H,26,31). The minimum Gasteiger partial charge on any atom is -0.496 e. The van der Waals surface area contributed by atoms with Crippen LogP contribution in [0.1, 0.15) is 43.6 Å². The van der Waals surface area contributed by atoms with E-state index in [1.54, 1.807) is 20.8 Å². The average molecular weight is 601 g/mol. The van der Waals surface area contributed by atoms with E-state index >= 15 is 0 Å². The maximum absolute atomic E-state index is 13.9. The molecule has 0 aliphatic rings. The number of ether oxygens (including phenoxy) is 1. The van der Waals surface area contributed by atoms with Gasteiger partial charge in [0, 0.05) is 6.04 Å². The number of hydrogen-bond donors (Lipinski definition) is 1. The van der Waals surface area contributed by atoms with Gasteiger partial charge in [-0.3, -0.25) is 19.0 Å². The van der Waals surface area contributed by atoms with Crippen LogP contribution in [0.25, 0.3) is 10.2 Å². The van der Waals surface area contributed by atoms with E-state index in [-0.39, 0.29) is 22.7 Å². The summed E-state index contributed by atoms with van der Waals surface area (Å²) in [7, 11) is 1.36. The van der Waals surface area contributed by atoms with Gasteiger partial charge in [0.25, 0.3) is 5.56 Å². The molecule has 0 unspecified atom stereocenters. The molecular weight excluding hydrogens is 576 g/mol. The number of hydrogen-bond acceptors (Lipinski definition) is 6. The van der Waals surface area contributed by atoms with E-state index in [0.717, 1.165) is 13.5 Å². The maximum Gasteiger partial charge on any atom is 0.333 e. The van der Waals surface area contributed by atoms with E-state index in [2.05, 4.69) is 27.9 Å². The largest absolute Gasteiger partial charge is 0.496 e. The van der Waals surface area contributed by atoms with Crippen LogP contribution in [-0.4, -0.2) is 34.0 Å². The SMILES string of the molecule is COc1ccc(F)cc1C(=O)Cn1c(=O)n(C(C)(C)C(=O)NC(C)C)c(=O)c2c(C)c(I)sc21. The van der Waals surface area contributed by atoms with Crippen LogP contribution in [0.2, 0.25) is 0 Å². The molecule has 8 nitrogen and oxygen atoms in total. The molecule has 3 aromatic rings. The maximum atomic E-state index is 13.9. The van der Waals surface area contributed by atoms with Gasteiger partial charge in [0.05, 0.1) is 27.5 Å². The van der Waals surface area contributed by atoms with Crippen molar-refractivity contribution in [3.63, 3.8) is 0 Å². The van der Waals surface area contributed by atoms with Crippen molar-refractivity contribution in [3.05, 3.63) is 58.9 Å². The van der Waals surface area contributed by atoms with Gasteiger partial charge in [-0.05, 0) is 81.0 Å². The van der Waals surface area contributed by atoms with Crippen molar-refractivity contribution in [2.24, 2.45) is 0 Å². The van der Waals surface area contributed by atoms with E-state index in [0.29, 0.717) is 10.4 Å². The van der Waals surface area contributed by atoms with Crippen molar-refractivity contribution in [2.45, 2.75) is 52.7 Å². The Labute approximate surface area is 212 Å². The Morgan fingerprint density at radius 1 is 1.26 bits per heavy atom. The molecule has 2 aromatic heterocycles. The van der Waals surface area contributed by atoms with Crippen molar-refractivity contribution < 1.29 is 18.7 Å². The molecule has 0 saturated carbocycles. The number of amides is 1. The van der Waals surface area contributed by atoms with Crippen molar-refractivity contribution in [1.82, 2.24) is 14.5 Å². The second kappa shape index (κ2) is 9.61. The molecule has 0 saturated heterocycles. The minimum absolute atomic E-state index is 0.0277. The predicted molar refractivity (Wildman–Crippen MR) is 138 cm³/mol. The molecule has 2 heterocycles. The summed E-state index contributed by atoms with van der Waals surface area (Å²) < 4.78 is 21.9. The highest BCUT2D eigenvalue weighted by atomic mass is 127. The van der Waals surface area contributed by atoms with Gasteiger partial charge in [-0.25, -0.2) is 13.8 Å². The third kappa shape index (κ3) is 4.54. The zero-order chi connectivity index (χ0) is 25.5. The number of methoxy groups -OCH3 is 1. The number of nitrogens with one attached hydrogen (secondary N) is 1. The highest BCUT2D eigenvalue weighted by molar-refractivity contribution is 14.1. The van der Waals surface area contributed by atoms with E-state index in [1.807, 2.05) is 0 Å². The van der Waals surface area contributed by atoms with Crippen molar-refractivity contribution >= 4 is 55.8 Å². The van der Waals surface area contributed by atoms with E-state index in [9.17, 15) is 23.6 Å². The lowest BCUT2D eigenvalue weighted by Gasteiger charge is -2.27. The number of aromatic nitrogens is 2. The Bertz CT molecular complexity index is 1420. The van der Waals surface area contributed by atoms with Gasteiger partial charge in [0.1, 0.15) is 21.9 Å². The molecule has 0 aliphatic heterocycles. The van der Waals surface area contributed by atoms with Crippen LogP contribution in [0.3, 0.4) is 0 Å². The van der Waals surface area contributed by atoms with Gasteiger partial charge < -0.3 is 10.1 Å². The van der Waals surface area contributed by atoms with E-state index in [1.165, 1.54) is 49.0 Å². The summed E-state index contributed by atoms with van der Waals surface area (Å²) >= 11 is 3.27. The third-order valence-electron chi connectivity index (χ3n) is 5.45. The highest BCUT2D eigenvalue weighted by Gasteiger charge is 2.35. The van der Waals surface area contributed by atoms with Crippen LogP contribution < -0.4 is 21.3 Å². The summed E-state index contributed by atoms with van der Waals surface area (Å²) in [5, 5.41) is 3.00. The molecule has 1 aromatic carbocycles. The van der Waals surface area contributed by atoms with Crippen LogP contribution in [0.5, 0.6) is 5.75 Å². The van der Waals surface area contributed by atoms with Crippen LogP contribution in [-0.2, 0) is 16.9 Å². The lowest BCUT2D eigenvalue weighted by atomic mass is 10.0. The first kappa shape index (κ1) is 26.1. The minimum atomic E-state index is -1.53. The fourth-order valence-corrected chi connectivity index (χ4v) is 5.53. The lowest BCUT2D eigenvalue weighted by Crippen LogP contribution is -2.56. The number of ketones is 1. The number of nitrogens with zero attached hydrogens (tertiary/aromatic N) is 2. The quantitative estimate of drug-likeness (QED) is 0.331. The van der Waals surface area contributed by atoms with Gasteiger partial charge in [0.2, 0.25) is 5.91 Å². The average Bonchev–Trinajstić information content (AvgIpc) is 3.04. The number of aryl methyl sites for hydroxylation is 1. The molecule has 34 heavy (non-hydrogen) atoms. The van der Waals surface area contributed by atoms with Crippen LogP contribution in [0, 0.1) is 15.6 Å². The fourth-order valence-electron chi connectivity index (χ4n) is 3.62. The molecule has 1 amide bonds. The summed E-state index contributed by atoms with van der Waals surface area (Å²) in [5.41, 5.74) is -2.31. The normalized spacial score (nSPS) is 11.8. The summed E-state index contributed by atoms with van der Waals surface area (Å²) in [5.74, 6) is -1.54. The fraction of sp³-hybridized carbons (Fsp3) is 0.391. The Hall–Kier alpha value is -2.54. The topological polar surface area (TPSA) is 99.4 Å². The monoisotopic (exact) mass is 601 g/mol. The Morgan fingerprint density at radius 3 is 2.50 bits per heavy atom. The number of carbonyl (C=O) groups is 2. The molecule has 0 atom stereocenters. The summed E-state index contributed by atoms with van der Waals surface area (Å²) in [6, 6.07) is 3.34.